The molecule has 0 radical (unpaired) electrons. The van der Waals surface area contributed by atoms with Crippen molar-refractivity contribution < 1.29 is 0 Å². The van der Waals surface area contributed by atoms with Gasteiger partial charge >= 0.3 is 0 Å². The number of piperidine rings is 1. The molecule has 1 aromatic rings. The van der Waals surface area contributed by atoms with Crippen molar-refractivity contribution in [1.82, 2.24) is 10.2 Å². The summed E-state index contributed by atoms with van der Waals surface area (Å²) in [7, 11) is 0. The van der Waals surface area contributed by atoms with E-state index < -0.39 is 0 Å². The fraction of sp³-hybridized carbons (Fsp3) is 0.600. The summed E-state index contributed by atoms with van der Waals surface area (Å²) in [6.07, 6.45) is 2.67. The van der Waals surface area contributed by atoms with Crippen molar-refractivity contribution in [2.24, 2.45) is 5.92 Å². The topological polar surface area (TPSA) is 15.3 Å². The molecule has 2 nitrogen and oxygen atoms in total. The SMILES string of the molecule is CCN(Cc1ccc(I)cc1)CC1CCNCC1. The summed E-state index contributed by atoms with van der Waals surface area (Å²) in [5.74, 6) is 0.884. The van der Waals surface area contributed by atoms with E-state index in [0.29, 0.717) is 0 Å². The molecule has 3 heteroatoms. The Hall–Kier alpha value is -0.130. The second-order valence-corrected chi connectivity index (χ2v) is 6.39. The number of hydrogen-bond donors (Lipinski definition) is 1. The Kier molecular flexibility index (Phi) is 5.92. The molecule has 1 aliphatic rings. The Morgan fingerprint density at radius 1 is 1.22 bits per heavy atom. The molecule has 1 heterocycles. The zero-order chi connectivity index (χ0) is 12.8. The second-order valence-electron chi connectivity index (χ2n) is 5.15. The van der Waals surface area contributed by atoms with Crippen LogP contribution in [-0.2, 0) is 6.54 Å². The summed E-state index contributed by atoms with van der Waals surface area (Å²) in [5.41, 5.74) is 1.44. The van der Waals surface area contributed by atoms with E-state index in [1.165, 1.54) is 41.6 Å². The van der Waals surface area contributed by atoms with E-state index in [-0.39, 0.29) is 0 Å². The van der Waals surface area contributed by atoms with Gasteiger partial charge in [-0.05, 0) is 78.7 Å². The maximum absolute atomic E-state index is 3.44. The lowest BCUT2D eigenvalue weighted by Gasteiger charge is -2.29. The molecule has 0 saturated carbocycles. The van der Waals surface area contributed by atoms with Crippen molar-refractivity contribution in [2.75, 3.05) is 26.2 Å². The summed E-state index contributed by atoms with van der Waals surface area (Å²) in [6.45, 7) is 8.17. The van der Waals surface area contributed by atoms with Gasteiger partial charge < -0.3 is 5.32 Å². The third-order valence-corrected chi connectivity index (χ3v) is 4.46. The first-order chi connectivity index (χ1) is 8.78. The van der Waals surface area contributed by atoms with Crippen LogP contribution in [0.4, 0.5) is 0 Å². The van der Waals surface area contributed by atoms with Gasteiger partial charge in [0.15, 0.2) is 0 Å². The average molecular weight is 358 g/mol. The Balaban J connectivity index is 1.86. The largest absolute Gasteiger partial charge is 0.317 e. The maximum Gasteiger partial charge on any atom is 0.0233 e. The minimum absolute atomic E-state index is 0.884. The van der Waals surface area contributed by atoms with E-state index in [0.717, 1.165) is 19.0 Å². The molecule has 0 amide bonds. The molecule has 0 atom stereocenters. The van der Waals surface area contributed by atoms with Crippen LogP contribution < -0.4 is 5.32 Å². The number of benzene rings is 1. The van der Waals surface area contributed by atoms with Crippen LogP contribution in [0.3, 0.4) is 0 Å². The fourth-order valence-corrected chi connectivity index (χ4v) is 2.94. The number of rotatable bonds is 5. The first kappa shape index (κ1) is 14.3. The van der Waals surface area contributed by atoms with Gasteiger partial charge in [-0.2, -0.15) is 0 Å². The second kappa shape index (κ2) is 7.46. The molecule has 1 N–H and O–H groups in total. The van der Waals surface area contributed by atoms with Crippen molar-refractivity contribution in [3.05, 3.63) is 33.4 Å². The predicted molar refractivity (Wildman–Crippen MR) is 85.7 cm³/mol. The summed E-state index contributed by atoms with van der Waals surface area (Å²) < 4.78 is 1.32. The number of hydrogen-bond acceptors (Lipinski definition) is 2. The third kappa shape index (κ3) is 4.52. The fourth-order valence-electron chi connectivity index (χ4n) is 2.58. The molecule has 1 aromatic carbocycles. The van der Waals surface area contributed by atoms with Gasteiger partial charge in [0.2, 0.25) is 0 Å². The Morgan fingerprint density at radius 3 is 2.50 bits per heavy atom. The molecule has 100 valence electrons. The quantitative estimate of drug-likeness (QED) is 0.814. The van der Waals surface area contributed by atoms with E-state index in [4.69, 9.17) is 0 Å². The van der Waals surface area contributed by atoms with Crippen LogP contribution >= 0.6 is 22.6 Å². The summed E-state index contributed by atoms with van der Waals surface area (Å²) >= 11 is 2.36. The molecule has 1 saturated heterocycles. The van der Waals surface area contributed by atoms with Crippen molar-refractivity contribution in [1.29, 1.82) is 0 Å². The van der Waals surface area contributed by atoms with Crippen LogP contribution in [0.15, 0.2) is 24.3 Å². The van der Waals surface area contributed by atoms with Crippen LogP contribution in [0.25, 0.3) is 0 Å². The predicted octanol–water partition coefficient (Wildman–Crippen LogP) is 3.11. The van der Waals surface area contributed by atoms with Crippen molar-refractivity contribution in [2.45, 2.75) is 26.3 Å². The normalized spacial score (nSPS) is 17.3. The van der Waals surface area contributed by atoms with Gasteiger partial charge in [-0.25, -0.2) is 0 Å². The van der Waals surface area contributed by atoms with E-state index >= 15 is 0 Å². The van der Waals surface area contributed by atoms with Gasteiger partial charge in [-0.1, -0.05) is 19.1 Å². The molecule has 1 aliphatic heterocycles. The van der Waals surface area contributed by atoms with Gasteiger partial charge in [0, 0.05) is 16.7 Å². The lowest BCUT2D eigenvalue weighted by atomic mass is 9.97. The van der Waals surface area contributed by atoms with Gasteiger partial charge in [0.25, 0.3) is 0 Å². The van der Waals surface area contributed by atoms with Gasteiger partial charge in [0.05, 0.1) is 0 Å². The number of halogens is 1. The van der Waals surface area contributed by atoms with Crippen LogP contribution in [0, 0.1) is 9.49 Å². The molecule has 1 fully saturated rings. The van der Waals surface area contributed by atoms with Crippen LogP contribution in [0.2, 0.25) is 0 Å². The van der Waals surface area contributed by atoms with Gasteiger partial charge in [0.1, 0.15) is 0 Å². The molecule has 0 bridgehead atoms. The highest BCUT2D eigenvalue weighted by molar-refractivity contribution is 14.1. The van der Waals surface area contributed by atoms with Crippen LogP contribution in [0.5, 0.6) is 0 Å². The lowest BCUT2D eigenvalue weighted by Crippen LogP contribution is -2.35. The summed E-state index contributed by atoms with van der Waals surface area (Å²) in [4.78, 5) is 2.58. The van der Waals surface area contributed by atoms with Gasteiger partial charge in [-0.3, -0.25) is 4.90 Å². The van der Waals surface area contributed by atoms with Crippen molar-refractivity contribution in [3.63, 3.8) is 0 Å². The van der Waals surface area contributed by atoms with Crippen LogP contribution in [-0.4, -0.2) is 31.1 Å². The molecule has 0 spiro atoms. The average Bonchev–Trinajstić information content (AvgIpc) is 2.41. The first-order valence-electron chi connectivity index (χ1n) is 6.95. The number of nitrogens with one attached hydrogen (secondary N) is 1. The van der Waals surface area contributed by atoms with Crippen molar-refractivity contribution in [3.8, 4) is 0 Å². The zero-order valence-electron chi connectivity index (χ0n) is 11.2. The smallest absolute Gasteiger partial charge is 0.0233 e. The van der Waals surface area contributed by atoms with E-state index in [1.807, 2.05) is 0 Å². The van der Waals surface area contributed by atoms with E-state index in [9.17, 15) is 0 Å². The molecular weight excluding hydrogens is 335 g/mol. The van der Waals surface area contributed by atoms with E-state index in [1.54, 1.807) is 0 Å². The third-order valence-electron chi connectivity index (χ3n) is 3.74. The maximum atomic E-state index is 3.44. The van der Waals surface area contributed by atoms with Crippen LogP contribution in [0.1, 0.15) is 25.3 Å². The number of nitrogens with zero attached hydrogens (tertiary/aromatic N) is 1. The summed E-state index contributed by atoms with van der Waals surface area (Å²) in [6, 6.07) is 8.92. The monoisotopic (exact) mass is 358 g/mol. The highest BCUT2D eigenvalue weighted by Gasteiger charge is 2.16. The molecule has 0 unspecified atom stereocenters. The lowest BCUT2D eigenvalue weighted by molar-refractivity contribution is 0.207. The minimum Gasteiger partial charge on any atom is -0.317 e. The highest BCUT2D eigenvalue weighted by atomic mass is 127. The molecular formula is C15H23IN2. The Bertz CT molecular complexity index is 344. The van der Waals surface area contributed by atoms with Gasteiger partial charge in [-0.15, -0.1) is 0 Å². The molecule has 18 heavy (non-hydrogen) atoms. The molecule has 0 aliphatic carbocycles. The molecule has 0 aromatic heterocycles. The van der Waals surface area contributed by atoms with E-state index in [2.05, 4.69) is 64.0 Å². The minimum atomic E-state index is 0.884. The summed E-state index contributed by atoms with van der Waals surface area (Å²) in [5, 5.41) is 3.44. The zero-order valence-corrected chi connectivity index (χ0v) is 13.3. The van der Waals surface area contributed by atoms with Crippen molar-refractivity contribution >= 4 is 22.6 Å². The first-order valence-corrected chi connectivity index (χ1v) is 8.03. The molecule has 2 rings (SSSR count). The Labute approximate surface area is 124 Å². The Morgan fingerprint density at radius 2 is 1.89 bits per heavy atom. The highest BCUT2D eigenvalue weighted by Crippen LogP contribution is 2.15. The standard InChI is InChI=1S/C15H23IN2/c1-2-18(12-14-7-9-17-10-8-14)11-13-3-5-15(16)6-4-13/h3-6,14,17H,2,7-12H2,1H3.